The maximum atomic E-state index is 10.8. The minimum Gasteiger partial charge on any atom is -0.481 e. The van der Waals surface area contributed by atoms with Crippen LogP contribution in [-0.4, -0.2) is 11.1 Å². The quantitative estimate of drug-likeness (QED) is 0.520. The summed E-state index contributed by atoms with van der Waals surface area (Å²) in [5, 5.41) is 8.87. The second-order valence-corrected chi connectivity index (χ2v) is 5.08. The molecule has 0 radical (unpaired) electrons. The van der Waals surface area contributed by atoms with Crippen LogP contribution in [0.4, 0.5) is 0 Å². The molecule has 0 saturated carbocycles. The van der Waals surface area contributed by atoms with Gasteiger partial charge in [-0.3, -0.25) is 4.79 Å². The van der Waals surface area contributed by atoms with Gasteiger partial charge in [0.15, 0.2) is 11.9 Å². The van der Waals surface area contributed by atoms with E-state index in [1.54, 1.807) is 0 Å². The fraction of sp³-hybridized carbons (Fsp3) is 0.625. The van der Waals surface area contributed by atoms with Crippen molar-refractivity contribution in [3.8, 4) is 0 Å². The summed E-state index contributed by atoms with van der Waals surface area (Å²) in [5.74, 6) is -0.764. The van der Waals surface area contributed by atoms with Gasteiger partial charge >= 0.3 is 5.97 Å². The first-order valence-electron chi connectivity index (χ1n) is 7.43. The van der Waals surface area contributed by atoms with Crippen LogP contribution in [-0.2, 0) is 17.8 Å². The number of hydrogen-bond acceptors (Lipinski definition) is 1. The number of carbonyl (C=O) groups is 1. The van der Waals surface area contributed by atoms with Crippen molar-refractivity contribution in [1.82, 2.24) is 0 Å². The zero-order valence-electron chi connectivity index (χ0n) is 12.0. The second kappa shape index (κ2) is 9.54. The van der Waals surface area contributed by atoms with Crippen molar-refractivity contribution >= 4 is 5.97 Å². The van der Waals surface area contributed by atoms with Crippen LogP contribution in [0.2, 0.25) is 0 Å². The molecule has 3 nitrogen and oxygen atoms in total. The summed E-state index contributed by atoms with van der Waals surface area (Å²) in [4.78, 5) is 10.8. The molecule has 0 amide bonds. The molecule has 1 aromatic rings. The highest BCUT2D eigenvalue weighted by Crippen LogP contribution is 2.07. The summed E-state index contributed by atoms with van der Waals surface area (Å²) in [6, 6.07) is 5.77. The largest absolute Gasteiger partial charge is 0.481 e. The van der Waals surface area contributed by atoms with Crippen molar-refractivity contribution < 1.29 is 14.5 Å². The van der Waals surface area contributed by atoms with E-state index >= 15 is 0 Å². The summed E-state index contributed by atoms with van der Waals surface area (Å²) in [7, 11) is 0. The van der Waals surface area contributed by atoms with Gasteiger partial charge in [0.2, 0.25) is 0 Å². The standard InChI is InChI=1S/C16H25NO2/c1-2-3-4-5-6-7-9-12-17-13-10-8-11-15(17)14-16(18)19/h8,10-11,13H,2-7,9,12,14H2,1H3/p+1. The van der Waals surface area contributed by atoms with Crippen LogP contribution in [0, 0.1) is 0 Å². The molecule has 1 aromatic heterocycles. The van der Waals surface area contributed by atoms with Crippen LogP contribution in [0.1, 0.15) is 57.6 Å². The van der Waals surface area contributed by atoms with E-state index < -0.39 is 5.97 Å². The number of carboxylic acids is 1. The van der Waals surface area contributed by atoms with E-state index in [-0.39, 0.29) is 6.42 Å². The molecular formula is C16H26NO2+. The maximum Gasteiger partial charge on any atom is 0.314 e. The van der Waals surface area contributed by atoms with E-state index in [9.17, 15) is 4.79 Å². The fourth-order valence-corrected chi connectivity index (χ4v) is 2.28. The molecule has 0 saturated heterocycles. The second-order valence-electron chi connectivity index (χ2n) is 5.08. The third-order valence-corrected chi connectivity index (χ3v) is 3.37. The van der Waals surface area contributed by atoms with Gasteiger partial charge in [-0.25, -0.2) is 4.57 Å². The predicted octanol–water partition coefficient (Wildman–Crippen LogP) is 3.35. The van der Waals surface area contributed by atoms with Gasteiger partial charge in [0.25, 0.3) is 0 Å². The van der Waals surface area contributed by atoms with Crippen LogP contribution >= 0.6 is 0 Å². The van der Waals surface area contributed by atoms with Crippen molar-refractivity contribution in [2.75, 3.05) is 0 Å². The molecule has 3 heteroatoms. The van der Waals surface area contributed by atoms with Crippen molar-refractivity contribution in [3.63, 3.8) is 0 Å². The Morgan fingerprint density at radius 1 is 1.11 bits per heavy atom. The summed E-state index contributed by atoms with van der Waals surface area (Å²) in [6.07, 6.45) is 11.1. The first kappa shape index (κ1) is 15.7. The first-order valence-corrected chi connectivity index (χ1v) is 7.43. The van der Waals surface area contributed by atoms with Gasteiger partial charge in [-0.05, 0) is 6.42 Å². The number of pyridine rings is 1. The van der Waals surface area contributed by atoms with Gasteiger partial charge in [-0.2, -0.15) is 0 Å². The molecule has 0 aliphatic carbocycles. The highest BCUT2D eigenvalue weighted by molar-refractivity contribution is 5.69. The molecule has 0 atom stereocenters. The monoisotopic (exact) mass is 264 g/mol. The van der Waals surface area contributed by atoms with E-state index in [1.807, 2.05) is 24.4 Å². The van der Waals surface area contributed by atoms with Crippen LogP contribution in [0.5, 0.6) is 0 Å². The number of aliphatic carboxylic acids is 1. The number of aryl methyl sites for hydroxylation is 1. The lowest BCUT2D eigenvalue weighted by molar-refractivity contribution is -0.704. The molecule has 106 valence electrons. The van der Waals surface area contributed by atoms with Crippen LogP contribution in [0.3, 0.4) is 0 Å². The lowest BCUT2D eigenvalue weighted by Gasteiger charge is -2.02. The maximum absolute atomic E-state index is 10.8. The zero-order chi connectivity index (χ0) is 13.9. The molecule has 1 N–H and O–H groups in total. The van der Waals surface area contributed by atoms with E-state index in [1.165, 1.54) is 38.5 Å². The molecule has 0 aromatic carbocycles. The number of nitrogens with zero attached hydrogens (tertiary/aromatic N) is 1. The average Bonchev–Trinajstić information content (AvgIpc) is 2.39. The van der Waals surface area contributed by atoms with E-state index in [4.69, 9.17) is 5.11 Å². The number of carboxylic acid groups (broad SMARTS) is 1. The van der Waals surface area contributed by atoms with Crippen molar-refractivity contribution in [3.05, 3.63) is 30.1 Å². The highest BCUT2D eigenvalue weighted by Gasteiger charge is 2.12. The molecule has 0 bridgehead atoms. The topological polar surface area (TPSA) is 41.2 Å². The molecule has 19 heavy (non-hydrogen) atoms. The SMILES string of the molecule is CCCCCCCCC[n+]1ccccc1CC(=O)O. The smallest absolute Gasteiger partial charge is 0.314 e. The van der Waals surface area contributed by atoms with Crippen LogP contribution in [0.25, 0.3) is 0 Å². The summed E-state index contributed by atoms with van der Waals surface area (Å²) in [5.41, 5.74) is 0.890. The Labute approximate surface area is 116 Å². The van der Waals surface area contributed by atoms with Gasteiger partial charge in [-0.15, -0.1) is 0 Å². The summed E-state index contributed by atoms with van der Waals surface area (Å²) < 4.78 is 2.07. The minimum atomic E-state index is -0.764. The molecule has 0 unspecified atom stereocenters. The number of aromatic nitrogens is 1. The average molecular weight is 264 g/mol. The molecule has 1 heterocycles. The van der Waals surface area contributed by atoms with Gasteiger partial charge in [0.05, 0.1) is 0 Å². The molecule has 1 rings (SSSR count). The predicted molar refractivity (Wildman–Crippen MR) is 76.0 cm³/mol. The molecule has 0 aliphatic rings. The van der Waals surface area contributed by atoms with Gasteiger partial charge in [-0.1, -0.05) is 45.1 Å². The number of hydrogen-bond donors (Lipinski definition) is 1. The summed E-state index contributed by atoms with van der Waals surface area (Å²) >= 11 is 0. The van der Waals surface area contributed by atoms with Crippen molar-refractivity contribution in [2.24, 2.45) is 0 Å². The molecule has 0 fully saturated rings. The van der Waals surface area contributed by atoms with E-state index in [2.05, 4.69) is 11.5 Å². The Kier molecular flexibility index (Phi) is 7.87. The number of rotatable bonds is 10. The minimum absolute atomic E-state index is 0.108. The lowest BCUT2D eigenvalue weighted by atomic mass is 10.1. The molecule has 0 spiro atoms. The van der Waals surface area contributed by atoms with Crippen LogP contribution in [0.15, 0.2) is 24.4 Å². The molecule has 0 aliphatic heterocycles. The summed E-state index contributed by atoms with van der Waals surface area (Å²) in [6.45, 7) is 3.16. The van der Waals surface area contributed by atoms with Gasteiger partial charge in [0.1, 0.15) is 13.0 Å². The first-order chi connectivity index (χ1) is 9.24. The van der Waals surface area contributed by atoms with Crippen molar-refractivity contribution in [2.45, 2.75) is 64.8 Å². The fourth-order valence-electron chi connectivity index (χ4n) is 2.28. The normalized spacial score (nSPS) is 10.6. The Bertz CT molecular complexity index is 377. The Morgan fingerprint density at radius 3 is 2.47 bits per heavy atom. The zero-order valence-corrected chi connectivity index (χ0v) is 12.0. The lowest BCUT2D eigenvalue weighted by Crippen LogP contribution is -2.38. The Morgan fingerprint density at radius 2 is 1.79 bits per heavy atom. The Hall–Kier alpha value is -1.38. The third-order valence-electron chi connectivity index (χ3n) is 3.37. The molecular weight excluding hydrogens is 238 g/mol. The van der Waals surface area contributed by atoms with Crippen LogP contribution < -0.4 is 4.57 Å². The number of unbranched alkanes of at least 4 members (excludes halogenated alkanes) is 6. The van der Waals surface area contributed by atoms with Gasteiger partial charge < -0.3 is 5.11 Å². The van der Waals surface area contributed by atoms with E-state index in [0.29, 0.717) is 0 Å². The highest BCUT2D eigenvalue weighted by atomic mass is 16.4. The third kappa shape index (κ3) is 6.94. The van der Waals surface area contributed by atoms with Gasteiger partial charge in [0, 0.05) is 18.6 Å². The van der Waals surface area contributed by atoms with E-state index in [0.717, 1.165) is 18.7 Å². The Balaban J connectivity index is 2.26. The van der Waals surface area contributed by atoms with Crippen molar-refractivity contribution in [1.29, 1.82) is 0 Å².